The van der Waals surface area contributed by atoms with E-state index in [0.717, 1.165) is 23.3 Å². The fourth-order valence-corrected chi connectivity index (χ4v) is 2.25. The van der Waals surface area contributed by atoms with Crippen LogP contribution in [0.3, 0.4) is 0 Å². The Morgan fingerprint density at radius 2 is 1.91 bits per heavy atom. The van der Waals surface area contributed by atoms with E-state index in [1.54, 1.807) is 19.2 Å². The first-order chi connectivity index (χ1) is 11.2. The fraction of sp³-hybridized carbons (Fsp3) is 0.316. The fourth-order valence-electron chi connectivity index (χ4n) is 2.25. The second-order valence-corrected chi connectivity index (χ2v) is 5.34. The minimum absolute atomic E-state index is 0.0772. The molecule has 0 atom stereocenters. The average molecular weight is 313 g/mol. The maximum Gasteiger partial charge on any atom is 0.251 e. The van der Waals surface area contributed by atoms with E-state index in [1.165, 1.54) is 0 Å². The minimum atomic E-state index is -0.0772. The molecule has 4 heteroatoms. The van der Waals surface area contributed by atoms with Gasteiger partial charge in [-0.05, 0) is 43.2 Å². The first kappa shape index (κ1) is 16.9. The first-order valence-electron chi connectivity index (χ1n) is 7.79. The summed E-state index contributed by atoms with van der Waals surface area (Å²) in [6.07, 6.45) is 0.908. The van der Waals surface area contributed by atoms with E-state index >= 15 is 0 Å². The molecule has 0 aliphatic rings. The largest absolute Gasteiger partial charge is 0.496 e. The highest BCUT2D eigenvalue weighted by Crippen LogP contribution is 2.23. The molecule has 2 rings (SSSR count). The summed E-state index contributed by atoms with van der Waals surface area (Å²) >= 11 is 0. The molecule has 0 radical (unpaired) electrons. The first-order valence-corrected chi connectivity index (χ1v) is 7.79. The van der Waals surface area contributed by atoms with Crippen molar-refractivity contribution in [3.05, 3.63) is 59.2 Å². The quantitative estimate of drug-likeness (QED) is 0.847. The Bertz CT molecular complexity index is 667. The molecule has 0 heterocycles. The minimum Gasteiger partial charge on any atom is -0.496 e. The third-order valence-corrected chi connectivity index (χ3v) is 3.55. The van der Waals surface area contributed by atoms with E-state index in [2.05, 4.69) is 5.32 Å². The number of carbonyl (C=O) groups excluding carboxylic acids is 1. The van der Waals surface area contributed by atoms with Crippen LogP contribution in [0.5, 0.6) is 11.5 Å². The zero-order valence-corrected chi connectivity index (χ0v) is 13.9. The van der Waals surface area contributed by atoms with Gasteiger partial charge in [0.2, 0.25) is 0 Å². The molecule has 23 heavy (non-hydrogen) atoms. The van der Waals surface area contributed by atoms with E-state index in [-0.39, 0.29) is 5.91 Å². The maximum atomic E-state index is 12.1. The molecule has 1 N–H and O–H groups in total. The van der Waals surface area contributed by atoms with Crippen molar-refractivity contribution in [3.8, 4) is 11.5 Å². The monoisotopic (exact) mass is 313 g/mol. The van der Waals surface area contributed by atoms with Gasteiger partial charge in [0.25, 0.3) is 5.91 Å². The van der Waals surface area contributed by atoms with Crippen LogP contribution in [0.2, 0.25) is 0 Å². The Kier molecular flexibility index (Phi) is 6.03. The van der Waals surface area contributed by atoms with Gasteiger partial charge in [-0.3, -0.25) is 4.79 Å². The van der Waals surface area contributed by atoms with Crippen molar-refractivity contribution in [2.24, 2.45) is 0 Å². The molecule has 0 spiro atoms. The number of rotatable bonds is 7. The summed E-state index contributed by atoms with van der Waals surface area (Å²) in [5, 5.41) is 2.88. The van der Waals surface area contributed by atoms with Gasteiger partial charge in [0, 0.05) is 17.7 Å². The second kappa shape index (κ2) is 8.22. The summed E-state index contributed by atoms with van der Waals surface area (Å²) in [6, 6.07) is 13.2. The van der Waals surface area contributed by atoms with E-state index in [4.69, 9.17) is 9.47 Å². The van der Waals surface area contributed by atoms with E-state index < -0.39 is 0 Å². The van der Waals surface area contributed by atoms with Crippen LogP contribution in [0.15, 0.2) is 42.5 Å². The number of nitrogens with one attached hydrogen (secondary N) is 1. The number of carbonyl (C=O) groups is 1. The van der Waals surface area contributed by atoms with Crippen LogP contribution in [0, 0.1) is 6.92 Å². The average Bonchev–Trinajstić information content (AvgIpc) is 2.58. The van der Waals surface area contributed by atoms with Crippen LogP contribution in [0.1, 0.15) is 34.8 Å². The zero-order valence-electron chi connectivity index (χ0n) is 13.9. The number of benzene rings is 2. The predicted octanol–water partition coefficient (Wildman–Crippen LogP) is 3.72. The summed E-state index contributed by atoms with van der Waals surface area (Å²) in [5.74, 6) is 1.47. The summed E-state index contributed by atoms with van der Waals surface area (Å²) in [5.41, 5.74) is 2.53. The highest BCUT2D eigenvalue weighted by Gasteiger charge is 2.11. The molecule has 2 aromatic rings. The van der Waals surface area contributed by atoms with Crippen molar-refractivity contribution < 1.29 is 14.3 Å². The van der Waals surface area contributed by atoms with Crippen LogP contribution in [-0.2, 0) is 6.61 Å². The Labute approximate surface area is 137 Å². The van der Waals surface area contributed by atoms with Crippen LogP contribution < -0.4 is 14.8 Å². The molecule has 1 amide bonds. The van der Waals surface area contributed by atoms with Gasteiger partial charge in [-0.1, -0.05) is 25.1 Å². The molecule has 0 aliphatic carbocycles. The van der Waals surface area contributed by atoms with Gasteiger partial charge in [-0.15, -0.1) is 0 Å². The number of para-hydroxylation sites is 1. The van der Waals surface area contributed by atoms with Crippen LogP contribution in [0.4, 0.5) is 0 Å². The van der Waals surface area contributed by atoms with Gasteiger partial charge in [-0.2, -0.15) is 0 Å². The molecule has 0 aliphatic heterocycles. The highest BCUT2D eigenvalue weighted by atomic mass is 16.5. The van der Waals surface area contributed by atoms with E-state index in [0.29, 0.717) is 24.5 Å². The maximum absolute atomic E-state index is 12.1. The third kappa shape index (κ3) is 4.49. The molecular formula is C19H23NO3. The molecule has 0 aromatic heterocycles. The third-order valence-electron chi connectivity index (χ3n) is 3.55. The van der Waals surface area contributed by atoms with Crippen molar-refractivity contribution >= 4 is 5.91 Å². The van der Waals surface area contributed by atoms with Crippen LogP contribution >= 0.6 is 0 Å². The summed E-state index contributed by atoms with van der Waals surface area (Å²) < 4.78 is 11.2. The lowest BCUT2D eigenvalue weighted by molar-refractivity contribution is 0.0953. The topological polar surface area (TPSA) is 47.6 Å². The van der Waals surface area contributed by atoms with Crippen molar-refractivity contribution in [1.82, 2.24) is 5.32 Å². The normalized spacial score (nSPS) is 10.2. The standard InChI is InChI=1S/C19H23NO3/c1-4-11-20-19(21)15-9-10-18(22-3)16(12-15)13-23-17-8-6-5-7-14(17)2/h5-10,12H,4,11,13H2,1-3H3,(H,20,21). The summed E-state index contributed by atoms with van der Waals surface area (Å²) in [6.45, 7) is 5.04. The Hall–Kier alpha value is -2.49. The SMILES string of the molecule is CCCNC(=O)c1ccc(OC)c(COc2ccccc2C)c1. The van der Waals surface area contributed by atoms with Gasteiger partial charge < -0.3 is 14.8 Å². The lowest BCUT2D eigenvalue weighted by Crippen LogP contribution is -2.24. The smallest absolute Gasteiger partial charge is 0.251 e. The van der Waals surface area contributed by atoms with Gasteiger partial charge in [0.05, 0.1) is 7.11 Å². The Morgan fingerprint density at radius 3 is 2.61 bits per heavy atom. The molecule has 0 saturated heterocycles. The summed E-state index contributed by atoms with van der Waals surface area (Å²) in [7, 11) is 1.61. The number of methoxy groups -OCH3 is 1. The van der Waals surface area contributed by atoms with Gasteiger partial charge in [0.1, 0.15) is 18.1 Å². The number of ether oxygens (including phenoxy) is 2. The van der Waals surface area contributed by atoms with E-state index in [9.17, 15) is 4.79 Å². The molecular weight excluding hydrogens is 290 g/mol. The van der Waals surface area contributed by atoms with Gasteiger partial charge in [0.15, 0.2) is 0 Å². The van der Waals surface area contributed by atoms with Crippen molar-refractivity contribution in [2.45, 2.75) is 26.9 Å². The number of aryl methyl sites for hydroxylation is 1. The molecule has 122 valence electrons. The number of amides is 1. The van der Waals surface area contributed by atoms with Crippen LogP contribution in [-0.4, -0.2) is 19.6 Å². The lowest BCUT2D eigenvalue weighted by atomic mass is 10.1. The molecule has 2 aromatic carbocycles. The van der Waals surface area contributed by atoms with Crippen molar-refractivity contribution in [3.63, 3.8) is 0 Å². The zero-order chi connectivity index (χ0) is 16.7. The van der Waals surface area contributed by atoms with Crippen molar-refractivity contribution in [2.75, 3.05) is 13.7 Å². The molecule has 0 fully saturated rings. The van der Waals surface area contributed by atoms with E-state index in [1.807, 2.05) is 44.2 Å². The molecule has 0 unspecified atom stereocenters. The molecule has 0 saturated carbocycles. The number of hydrogen-bond acceptors (Lipinski definition) is 3. The molecule has 0 bridgehead atoms. The Balaban J connectivity index is 2.15. The summed E-state index contributed by atoms with van der Waals surface area (Å²) in [4.78, 5) is 12.1. The Morgan fingerprint density at radius 1 is 1.13 bits per heavy atom. The highest BCUT2D eigenvalue weighted by molar-refractivity contribution is 5.94. The van der Waals surface area contributed by atoms with Crippen molar-refractivity contribution in [1.29, 1.82) is 0 Å². The second-order valence-electron chi connectivity index (χ2n) is 5.34. The lowest BCUT2D eigenvalue weighted by Gasteiger charge is -2.13. The van der Waals surface area contributed by atoms with Crippen LogP contribution in [0.25, 0.3) is 0 Å². The predicted molar refractivity (Wildman–Crippen MR) is 91.1 cm³/mol. The molecule has 4 nitrogen and oxygen atoms in total. The van der Waals surface area contributed by atoms with Gasteiger partial charge >= 0.3 is 0 Å². The van der Waals surface area contributed by atoms with Gasteiger partial charge in [-0.25, -0.2) is 0 Å². The number of hydrogen-bond donors (Lipinski definition) is 1.